The van der Waals surface area contributed by atoms with Gasteiger partial charge in [0.1, 0.15) is 0 Å². The number of carboxylic acids is 1. The van der Waals surface area contributed by atoms with Gasteiger partial charge in [-0.3, -0.25) is 4.79 Å². The summed E-state index contributed by atoms with van der Waals surface area (Å²) in [5.74, 6) is -0.664. The third-order valence-electron chi connectivity index (χ3n) is 4.46. The fourth-order valence-electron chi connectivity index (χ4n) is 2.78. The van der Waals surface area contributed by atoms with Gasteiger partial charge in [-0.2, -0.15) is 0 Å². The fraction of sp³-hybridized carbons (Fsp3) is 0.875. The summed E-state index contributed by atoms with van der Waals surface area (Å²) in [6, 6.07) is 0. The van der Waals surface area contributed by atoms with E-state index in [4.69, 9.17) is 19.7 Å². The molecule has 0 aromatic carbocycles. The molecule has 5 nitrogen and oxygen atoms in total. The van der Waals surface area contributed by atoms with Crippen LogP contribution in [0.15, 0.2) is 12.2 Å². The molecule has 0 spiro atoms. The van der Waals surface area contributed by atoms with Crippen molar-refractivity contribution in [2.75, 3.05) is 33.0 Å². The smallest absolute Gasteiger partial charge is 0.303 e. The molecule has 0 heterocycles. The quantitative estimate of drug-likeness (QED) is 0.174. The normalized spacial score (nSPS) is 10.9. The van der Waals surface area contributed by atoms with E-state index in [9.17, 15) is 4.79 Å². The maximum atomic E-state index is 10.3. The Morgan fingerprint density at radius 2 is 1.24 bits per heavy atom. The van der Waals surface area contributed by atoms with Gasteiger partial charge in [0.2, 0.25) is 0 Å². The van der Waals surface area contributed by atoms with Gasteiger partial charge in [-0.05, 0) is 39.0 Å². The number of ether oxygens (including phenoxy) is 2. The van der Waals surface area contributed by atoms with Crippen LogP contribution in [0, 0.1) is 0 Å². The van der Waals surface area contributed by atoms with E-state index >= 15 is 0 Å². The van der Waals surface area contributed by atoms with Gasteiger partial charge >= 0.3 is 5.97 Å². The second-order valence-electron chi connectivity index (χ2n) is 7.26. The molecule has 0 aromatic heterocycles. The lowest BCUT2D eigenvalue weighted by molar-refractivity contribution is -0.137. The molecule has 0 amide bonds. The summed E-state index contributed by atoms with van der Waals surface area (Å²) in [5.41, 5.74) is 0. The Kier molecular flexibility index (Phi) is 30.6. The number of aliphatic hydroxyl groups excluding tert-OH is 1. The SMILES string of the molecule is CCCCCCCC/C=C\CCCCCCCC(=O)O.CCOCCOCCO. The molecule has 0 saturated heterocycles. The molecule has 174 valence electrons. The highest BCUT2D eigenvalue weighted by Crippen LogP contribution is 2.09. The summed E-state index contributed by atoms with van der Waals surface area (Å²) in [6.45, 7) is 6.62. The van der Waals surface area contributed by atoms with Gasteiger partial charge in [0, 0.05) is 13.0 Å². The van der Waals surface area contributed by atoms with Crippen molar-refractivity contribution in [3.8, 4) is 0 Å². The van der Waals surface area contributed by atoms with Crippen LogP contribution in [0.4, 0.5) is 0 Å². The lowest BCUT2D eigenvalue weighted by atomic mass is 10.1. The van der Waals surface area contributed by atoms with Crippen LogP contribution in [0.1, 0.15) is 104 Å². The topological polar surface area (TPSA) is 76.0 Å². The van der Waals surface area contributed by atoms with Crippen LogP contribution in [0.2, 0.25) is 0 Å². The van der Waals surface area contributed by atoms with Gasteiger partial charge in [-0.25, -0.2) is 0 Å². The third kappa shape index (κ3) is 34.9. The minimum Gasteiger partial charge on any atom is -0.481 e. The van der Waals surface area contributed by atoms with E-state index in [-0.39, 0.29) is 6.61 Å². The van der Waals surface area contributed by atoms with Crippen LogP contribution < -0.4 is 0 Å². The molecule has 0 aliphatic rings. The zero-order valence-electron chi connectivity index (χ0n) is 19.2. The van der Waals surface area contributed by atoms with Gasteiger partial charge in [-0.1, -0.05) is 70.4 Å². The number of unbranched alkanes of at least 4 members (excludes halogenated alkanes) is 11. The first-order valence-corrected chi connectivity index (χ1v) is 11.8. The molecular weight excluding hydrogens is 368 g/mol. The number of hydrogen-bond acceptors (Lipinski definition) is 4. The maximum Gasteiger partial charge on any atom is 0.303 e. The molecule has 0 atom stereocenters. The van der Waals surface area contributed by atoms with E-state index in [2.05, 4.69) is 19.1 Å². The molecule has 0 rings (SSSR count). The summed E-state index contributed by atoms with van der Waals surface area (Å²) < 4.78 is 9.88. The summed E-state index contributed by atoms with van der Waals surface area (Å²) >= 11 is 0. The van der Waals surface area contributed by atoms with Crippen LogP contribution in [-0.2, 0) is 14.3 Å². The van der Waals surface area contributed by atoms with Gasteiger partial charge in [0.25, 0.3) is 0 Å². The molecule has 29 heavy (non-hydrogen) atoms. The monoisotopic (exact) mass is 416 g/mol. The largest absolute Gasteiger partial charge is 0.481 e. The molecule has 0 aliphatic carbocycles. The Bertz CT molecular complexity index is 325. The predicted molar refractivity (Wildman–Crippen MR) is 121 cm³/mol. The molecule has 0 unspecified atom stereocenters. The van der Waals surface area contributed by atoms with Gasteiger partial charge in [-0.15, -0.1) is 0 Å². The maximum absolute atomic E-state index is 10.3. The Hall–Kier alpha value is -0.910. The van der Waals surface area contributed by atoms with Crippen molar-refractivity contribution in [1.29, 1.82) is 0 Å². The van der Waals surface area contributed by atoms with Crippen LogP contribution in [0.5, 0.6) is 0 Å². The number of aliphatic hydroxyl groups is 1. The minimum absolute atomic E-state index is 0.0894. The van der Waals surface area contributed by atoms with E-state index in [1.165, 1.54) is 70.6 Å². The van der Waals surface area contributed by atoms with Crippen LogP contribution in [0.3, 0.4) is 0 Å². The first-order chi connectivity index (χ1) is 14.2. The predicted octanol–water partition coefficient (Wildman–Crippen LogP) is 6.14. The second-order valence-corrected chi connectivity index (χ2v) is 7.26. The van der Waals surface area contributed by atoms with E-state index in [0.717, 1.165) is 19.4 Å². The molecule has 0 radical (unpaired) electrons. The van der Waals surface area contributed by atoms with Crippen molar-refractivity contribution in [3.63, 3.8) is 0 Å². The number of carboxylic acid groups (broad SMARTS) is 1. The Morgan fingerprint density at radius 1 is 0.724 bits per heavy atom. The molecule has 0 aromatic rings. The van der Waals surface area contributed by atoms with Crippen LogP contribution >= 0.6 is 0 Å². The summed E-state index contributed by atoms with van der Waals surface area (Å²) in [4.78, 5) is 10.3. The number of hydrogen-bond donors (Lipinski definition) is 2. The standard InChI is InChI=1S/C18H34O2.C6H14O3/c1-2-3-4-5-6-7-8-9-10-11-12-13-14-15-16-17-18(19)20;1-2-8-5-6-9-4-3-7/h9-10H,2-8,11-17H2,1H3,(H,19,20);7H,2-6H2,1H3/b10-9-;. The average Bonchev–Trinajstić information content (AvgIpc) is 2.71. The first-order valence-electron chi connectivity index (χ1n) is 11.8. The molecule has 0 fully saturated rings. The highest BCUT2D eigenvalue weighted by Gasteiger charge is 1.95. The van der Waals surface area contributed by atoms with Gasteiger partial charge in [0.05, 0.1) is 26.4 Å². The van der Waals surface area contributed by atoms with E-state index in [1.807, 2.05) is 6.92 Å². The highest BCUT2D eigenvalue weighted by atomic mass is 16.5. The molecule has 5 heteroatoms. The van der Waals surface area contributed by atoms with E-state index in [0.29, 0.717) is 26.2 Å². The lowest BCUT2D eigenvalue weighted by Gasteiger charge is -2.00. The molecule has 0 saturated carbocycles. The van der Waals surface area contributed by atoms with Gasteiger partial charge in [0.15, 0.2) is 0 Å². The first kappa shape index (κ1) is 30.3. The molecular formula is C24H48O5. The van der Waals surface area contributed by atoms with Crippen molar-refractivity contribution in [1.82, 2.24) is 0 Å². The number of aliphatic carboxylic acids is 1. The molecule has 0 aliphatic heterocycles. The fourth-order valence-corrected chi connectivity index (χ4v) is 2.78. The zero-order valence-corrected chi connectivity index (χ0v) is 19.2. The lowest BCUT2D eigenvalue weighted by Crippen LogP contribution is -2.06. The second kappa shape index (κ2) is 29.3. The third-order valence-corrected chi connectivity index (χ3v) is 4.46. The summed E-state index contributed by atoms with van der Waals surface area (Å²) in [7, 11) is 0. The van der Waals surface area contributed by atoms with Crippen LogP contribution in [-0.4, -0.2) is 49.2 Å². The Balaban J connectivity index is 0. The Labute approximate surface area is 179 Å². The summed E-state index contributed by atoms with van der Waals surface area (Å²) in [6.07, 6.45) is 21.2. The summed E-state index contributed by atoms with van der Waals surface area (Å²) in [5, 5.41) is 16.8. The zero-order chi connectivity index (χ0) is 21.8. The number of carbonyl (C=O) groups is 1. The molecule has 0 bridgehead atoms. The average molecular weight is 417 g/mol. The van der Waals surface area contributed by atoms with Crippen molar-refractivity contribution in [2.45, 2.75) is 104 Å². The van der Waals surface area contributed by atoms with Gasteiger partial charge < -0.3 is 19.7 Å². The van der Waals surface area contributed by atoms with Crippen molar-refractivity contribution in [2.24, 2.45) is 0 Å². The Morgan fingerprint density at radius 3 is 1.76 bits per heavy atom. The van der Waals surface area contributed by atoms with E-state index in [1.54, 1.807) is 0 Å². The van der Waals surface area contributed by atoms with Crippen LogP contribution in [0.25, 0.3) is 0 Å². The number of allylic oxidation sites excluding steroid dienone is 2. The number of rotatable bonds is 21. The van der Waals surface area contributed by atoms with Crippen molar-refractivity contribution >= 4 is 5.97 Å². The van der Waals surface area contributed by atoms with Crippen molar-refractivity contribution in [3.05, 3.63) is 12.2 Å². The van der Waals surface area contributed by atoms with E-state index < -0.39 is 5.97 Å². The molecule has 2 N–H and O–H groups in total. The minimum atomic E-state index is -0.664. The van der Waals surface area contributed by atoms with Crippen molar-refractivity contribution < 1.29 is 24.5 Å². The highest BCUT2D eigenvalue weighted by molar-refractivity contribution is 5.66.